The van der Waals surface area contributed by atoms with Gasteiger partial charge in [0.15, 0.2) is 0 Å². The summed E-state index contributed by atoms with van der Waals surface area (Å²) >= 11 is 0. The molecule has 0 saturated heterocycles. The molecule has 0 spiro atoms. The number of carbonyl (C=O) groups excluding carboxylic acids is 2. The Balaban J connectivity index is 2.85. The maximum absolute atomic E-state index is 11.9. The van der Waals surface area contributed by atoms with Crippen LogP contribution in [0.4, 0.5) is 13.2 Å². The fourth-order valence-corrected chi connectivity index (χ4v) is 1.19. The second kappa shape index (κ2) is 6.09. The number of benzene rings is 1. The summed E-state index contributed by atoms with van der Waals surface area (Å²) in [6.45, 7) is 0. The van der Waals surface area contributed by atoms with Crippen LogP contribution in [0.2, 0.25) is 0 Å². The van der Waals surface area contributed by atoms with Crippen molar-refractivity contribution in [2.75, 3.05) is 7.11 Å². The van der Waals surface area contributed by atoms with Crippen molar-refractivity contribution >= 4 is 17.5 Å². The monoisotopic (exact) mass is 290 g/mol. The zero-order valence-electron chi connectivity index (χ0n) is 10.1. The van der Waals surface area contributed by atoms with Crippen molar-refractivity contribution < 1.29 is 37.3 Å². The van der Waals surface area contributed by atoms with Crippen molar-refractivity contribution in [3.8, 4) is 5.75 Å². The van der Waals surface area contributed by atoms with Crippen LogP contribution in [0, 0.1) is 0 Å². The lowest BCUT2D eigenvalue weighted by Gasteiger charge is -2.09. The van der Waals surface area contributed by atoms with Gasteiger partial charge in [0.25, 0.3) is 5.78 Å². The van der Waals surface area contributed by atoms with E-state index in [9.17, 15) is 27.9 Å². The summed E-state index contributed by atoms with van der Waals surface area (Å²) in [6.07, 6.45) is -4.22. The highest BCUT2D eigenvalue weighted by Gasteiger charge is 2.31. The van der Waals surface area contributed by atoms with Crippen molar-refractivity contribution in [3.05, 3.63) is 35.9 Å². The molecule has 1 rings (SSSR count). The first-order chi connectivity index (χ1) is 9.23. The molecule has 0 aliphatic rings. The van der Waals surface area contributed by atoms with Gasteiger partial charge in [-0.15, -0.1) is 13.2 Å². The molecule has 0 aliphatic carbocycles. The summed E-state index contributed by atoms with van der Waals surface area (Å²) < 4.78 is 43.5. The number of methoxy groups -OCH3 is 1. The molecule has 0 unspecified atom stereocenters. The standard InChI is InChI=1S/C12H9F3O5/c1-19-11(18)10(17)6-9(16)7-2-4-8(5-3-7)20-12(13,14)15/h2-6,16H,1H3. The third kappa shape index (κ3) is 4.63. The van der Waals surface area contributed by atoms with E-state index in [4.69, 9.17) is 0 Å². The lowest BCUT2D eigenvalue weighted by atomic mass is 10.1. The van der Waals surface area contributed by atoms with Crippen LogP contribution >= 0.6 is 0 Å². The Morgan fingerprint density at radius 2 is 1.75 bits per heavy atom. The van der Waals surface area contributed by atoms with Crippen LogP contribution in [-0.2, 0) is 14.3 Å². The Kier molecular flexibility index (Phi) is 4.73. The van der Waals surface area contributed by atoms with Gasteiger partial charge in [0.05, 0.1) is 7.11 Å². The summed E-state index contributed by atoms with van der Waals surface area (Å²) in [5, 5.41) is 9.53. The fourth-order valence-electron chi connectivity index (χ4n) is 1.19. The van der Waals surface area contributed by atoms with Gasteiger partial charge >= 0.3 is 12.3 Å². The van der Waals surface area contributed by atoms with Crippen LogP contribution in [-0.4, -0.2) is 30.3 Å². The molecule has 20 heavy (non-hydrogen) atoms. The van der Waals surface area contributed by atoms with Gasteiger partial charge in [-0.25, -0.2) is 4.79 Å². The SMILES string of the molecule is COC(=O)C(=O)C=C(O)c1ccc(OC(F)(F)F)cc1. The highest BCUT2D eigenvalue weighted by atomic mass is 19.4. The van der Waals surface area contributed by atoms with E-state index in [-0.39, 0.29) is 5.56 Å². The van der Waals surface area contributed by atoms with E-state index in [0.717, 1.165) is 31.4 Å². The molecule has 1 aromatic rings. The second-order valence-corrected chi connectivity index (χ2v) is 3.46. The highest BCUT2D eigenvalue weighted by Crippen LogP contribution is 2.24. The average molecular weight is 290 g/mol. The first-order valence-electron chi connectivity index (χ1n) is 5.12. The summed E-state index contributed by atoms with van der Waals surface area (Å²) in [5.74, 6) is -3.33. The van der Waals surface area contributed by atoms with Crippen LogP contribution < -0.4 is 4.74 Å². The van der Waals surface area contributed by atoms with Crippen molar-refractivity contribution in [1.82, 2.24) is 0 Å². The molecule has 5 nitrogen and oxygen atoms in total. The number of hydrogen-bond acceptors (Lipinski definition) is 5. The molecule has 0 aliphatic heterocycles. The Hall–Kier alpha value is -2.51. The molecule has 1 N–H and O–H groups in total. The normalized spacial score (nSPS) is 11.9. The van der Waals surface area contributed by atoms with Gasteiger partial charge in [-0.1, -0.05) is 0 Å². The number of ketones is 1. The van der Waals surface area contributed by atoms with Gasteiger partial charge in [-0.3, -0.25) is 4.79 Å². The third-order valence-corrected chi connectivity index (χ3v) is 2.04. The highest BCUT2D eigenvalue weighted by molar-refractivity contribution is 6.39. The summed E-state index contributed by atoms with van der Waals surface area (Å²) in [6, 6.07) is 4.10. The quantitative estimate of drug-likeness (QED) is 0.398. The minimum atomic E-state index is -4.82. The molecule has 0 fully saturated rings. The van der Waals surface area contributed by atoms with Crippen molar-refractivity contribution in [2.24, 2.45) is 0 Å². The molecular formula is C12H9F3O5. The van der Waals surface area contributed by atoms with E-state index >= 15 is 0 Å². The lowest BCUT2D eigenvalue weighted by Crippen LogP contribution is -2.17. The predicted octanol–water partition coefficient (Wildman–Crippen LogP) is 2.23. The smallest absolute Gasteiger partial charge is 0.507 e. The number of carbonyl (C=O) groups is 2. The molecule has 0 radical (unpaired) electrons. The number of aliphatic hydroxyl groups excluding tert-OH is 1. The number of halogens is 3. The zero-order chi connectivity index (χ0) is 15.3. The number of aliphatic hydroxyl groups is 1. The Morgan fingerprint density at radius 1 is 1.20 bits per heavy atom. The van der Waals surface area contributed by atoms with E-state index in [1.165, 1.54) is 0 Å². The first kappa shape index (κ1) is 15.5. The van der Waals surface area contributed by atoms with Gasteiger partial charge < -0.3 is 14.6 Å². The maximum Gasteiger partial charge on any atom is 0.573 e. The fraction of sp³-hybridized carbons (Fsp3) is 0.167. The number of hydrogen-bond donors (Lipinski definition) is 1. The molecule has 0 bridgehead atoms. The Morgan fingerprint density at radius 3 is 2.20 bits per heavy atom. The van der Waals surface area contributed by atoms with Crippen molar-refractivity contribution in [2.45, 2.75) is 6.36 Å². The maximum atomic E-state index is 11.9. The molecule has 0 aromatic heterocycles. The van der Waals surface area contributed by atoms with Gasteiger partial charge in [0.2, 0.25) is 0 Å². The van der Waals surface area contributed by atoms with E-state index in [2.05, 4.69) is 9.47 Å². The third-order valence-electron chi connectivity index (χ3n) is 2.04. The van der Waals surface area contributed by atoms with Gasteiger partial charge in [-0.2, -0.15) is 0 Å². The summed E-state index contributed by atoms with van der Waals surface area (Å²) in [7, 11) is 0.994. The molecule has 108 valence electrons. The molecular weight excluding hydrogens is 281 g/mol. The molecule has 1 aromatic carbocycles. The molecule has 8 heteroatoms. The number of alkyl halides is 3. The number of ether oxygens (including phenoxy) is 2. The topological polar surface area (TPSA) is 72.8 Å². The van der Waals surface area contributed by atoms with Crippen molar-refractivity contribution in [1.29, 1.82) is 0 Å². The van der Waals surface area contributed by atoms with Crippen molar-refractivity contribution in [3.63, 3.8) is 0 Å². The van der Waals surface area contributed by atoms with Crippen LogP contribution in [0.5, 0.6) is 5.75 Å². The second-order valence-electron chi connectivity index (χ2n) is 3.46. The largest absolute Gasteiger partial charge is 0.573 e. The number of rotatable bonds is 4. The molecule has 0 atom stereocenters. The van der Waals surface area contributed by atoms with Crippen LogP contribution in [0.15, 0.2) is 30.3 Å². The first-order valence-corrected chi connectivity index (χ1v) is 5.12. The Bertz CT molecular complexity index is 531. The average Bonchev–Trinajstić information content (AvgIpc) is 2.36. The van der Waals surface area contributed by atoms with Gasteiger partial charge in [0.1, 0.15) is 11.5 Å². The van der Waals surface area contributed by atoms with Crippen LogP contribution in [0.25, 0.3) is 5.76 Å². The molecule has 0 amide bonds. The zero-order valence-corrected chi connectivity index (χ0v) is 10.1. The van der Waals surface area contributed by atoms with Gasteiger partial charge in [0, 0.05) is 11.6 Å². The number of esters is 1. The Labute approximate surface area is 111 Å². The summed E-state index contributed by atoms with van der Waals surface area (Å²) in [4.78, 5) is 21.9. The summed E-state index contributed by atoms with van der Waals surface area (Å²) in [5.41, 5.74) is 0.0387. The minimum Gasteiger partial charge on any atom is -0.507 e. The van der Waals surface area contributed by atoms with Crippen LogP contribution in [0.1, 0.15) is 5.56 Å². The predicted molar refractivity (Wildman–Crippen MR) is 60.8 cm³/mol. The molecule has 0 heterocycles. The van der Waals surface area contributed by atoms with E-state index < -0.39 is 29.6 Å². The van der Waals surface area contributed by atoms with E-state index in [1.807, 2.05) is 0 Å². The van der Waals surface area contributed by atoms with Crippen LogP contribution in [0.3, 0.4) is 0 Å². The van der Waals surface area contributed by atoms with Gasteiger partial charge in [-0.05, 0) is 24.3 Å². The minimum absolute atomic E-state index is 0.0387. The van der Waals surface area contributed by atoms with E-state index in [1.54, 1.807) is 0 Å². The molecule has 0 saturated carbocycles. The lowest BCUT2D eigenvalue weighted by molar-refractivity contribution is -0.274. The van der Waals surface area contributed by atoms with E-state index in [0.29, 0.717) is 6.08 Å².